The van der Waals surface area contributed by atoms with Gasteiger partial charge in [0.25, 0.3) is 0 Å². The van der Waals surface area contributed by atoms with E-state index in [0.29, 0.717) is 0 Å². The first kappa shape index (κ1) is 11.8. The Morgan fingerprint density at radius 2 is 2.00 bits per heavy atom. The standard InChI is InChI=1S/C7H5NO2S.Na/c8-5-6-3-1-2-4-7(6)11(9)10;/h1-4H,(H,9,10);/q;+1/p-1. The summed E-state index contributed by atoms with van der Waals surface area (Å²) in [5.41, 5.74) is 0.181. The fourth-order valence-electron chi connectivity index (χ4n) is 0.704. The Labute approximate surface area is 95.0 Å². The van der Waals surface area contributed by atoms with Crippen molar-refractivity contribution in [1.82, 2.24) is 0 Å². The predicted molar refractivity (Wildman–Crippen MR) is 38.3 cm³/mol. The summed E-state index contributed by atoms with van der Waals surface area (Å²) in [5, 5.41) is 8.44. The molecule has 0 bridgehead atoms. The molecule has 0 aliphatic heterocycles. The van der Waals surface area contributed by atoms with E-state index in [0.717, 1.165) is 0 Å². The Kier molecular flexibility index (Phi) is 5.38. The molecule has 0 spiro atoms. The van der Waals surface area contributed by atoms with E-state index in [-0.39, 0.29) is 40.0 Å². The predicted octanol–water partition coefficient (Wildman–Crippen LogP) is -2.20. The first-order valence-corrected chi connectivity index (χ1v) is 3.91. The van der Waals surface area contributed by atoms with Crippen LogP contribution >= 0.6 is 0 Å². The van der Waals surface area contributed by atoms with Gasteiger partial charge in [-0.2, -0.15) is 5.26 Å². The average Bonchev–Trinajstić information content (AvgIpc) is 2.04. The summed E-state index contributed by atoms with van der Waals surface area (Å²) in [6.45, 7) is 0. The molecule has 0 N–H and O–H groups in total. The molecule has 0 saturated heterocycles. The number of nitrogens with zero attached hydrogens (tertiary/aromatic N) is 1. The molecule has 1 aromatic rings. The van der Waals surface area contributed by atoms with Crippen LogP contribution in [0.2, 0.25) is 0 Å². The van der Waals surface area contributed by atoms with Crippen molar-refractivity contribution in [1.29, 1.82) is 5.26 Å². The van der Waals surface area contributed by atoms with E-state index in [2.05, 4.69) is 0 Å². The molecule has 1 atom stereocenters. The molecule has 0 aromatic heterocycles. The second kappa shape index (κ2) is 5.46. The third-order valence-corrected chi connectivity index (χ3v) is 1.90. The van der Waals surface area contributed by atoms with Gasteiger partial charge in [-0.1, -0.05) is 12.1 Å². The van der Waals surface area contributed by atoms with Crippen LogP contribution in [0.15, 0.2) is 29.2 Å². The Hall–Kier alpha value is -0.180. The quantitative estimate of drug-likeness (QED) is 0.372. The van der Waals surface area contributed by atoms with Gasteiger partial charge in [-0.15, -0.1) is 0 Å². The molecule has 0 aliphatic rings. The first-order chi connectivity index (χ1) is 5.25. The zero-order valence-electron chi connectivity index (χ0n) is 6.48. The fraction of sp³-hybridized carbons (Fsp3) is 0. The third kappa shape index (κ3) is 2.70. The van der Waals surface area contributed by atoms with E-state index in [1.807, 2.05) is 0 Å². The topological polar surface area (TPSA) is 63.9 Å². The maximum atomic E-state index is 10.4. The smallest absolute Gasteiger partial charge is 0.768 e. The molecule has 3 nitrogen and oxygen atoms in total. The van der Waals surface area contributed by atoms with E-state index < -0.39 is 11.1 Å². The third-order valence-electron chi connectivity index (χ3n) is 1.19. The van der Waals surface area contributed by atoms with Crippen LogP contribution in [-0.2, 0) is 11.1 Å². The van der Waals surface area contributed by atoms with Gasteiger partial charge in [0.05, 0.1) is 5.56 Å². The van der Waals surface area contributed by atoms with Gasteiger partial charge in [0.1, 0.15) is 6.07 Å². The molecule has 0 aliphatic carbocycles. The van der Waals surface area contributed by atoms with Crippen LogP contribution in [0.1, 0.15) is 5.56 Å². The average molecular weight is 189 g/mol. The van der Waals surface area contributed by atoms with Gasteiger partial charge in [-0.05, 0) is 23.2 Å². The van der Waals surface area contributed by atoms with Crippen molar-refractivity contribution in [2.75, 3.05) is 0 Å². The van der Waals surface area contributed by atoms with Gasteiger partial charge in [0, 0.05) is 4.90 Å². The minimum Gasteiger partial charge on any atom is -0.768 e. The van der Waals surface area contributed by atoms with Crippen LogP contribution in [0.25, 0.3) is 0 Å². The number of hydrogen-bond acceptors (Lipinski definition) is 3. The van der Waals surface area contributed by atoms with Gasteiger partial charge < -0.3 is 4.55 Å². The second-order valence-electron chi connectivity index (χ2n) is 1.84. The van der Waals surface area contributed by atoms with Crippen molar-refractivity contribution in [3.8, 4) is 6.07 Å². The van der Waals surface area contributed by atoms with Crippen molar-refractivity contribution in [3.63, 3.8) is 0 Å². The van der Waals surface area contributed by atoms with Gasteiger partial charge in [0.2, 0.25) is 0 Å². The van der Waals surface area contributed by atoms with Crippen LogP contribution in [-0.4, -0.2) is 8.76 Å². The van der Waals surface area contributed by atoms with Crippen LogP contribution < -0.4 is 29.6 Å². The normalized spacial score (nSPS) is 11.0. The van der Waals surface area contributed by atoms with Gasteiger partial charge >= 0.3 is 29.6 Å². The summed E-state index contributed by atoms with van der Waals surface area (Å²) >= 11 is -2.31. The molecule has 0 amide bonds. The Bertz CT molecular complexity index is 334. The van der Waals surface area contributed by atoms with Crippen LogP contribution in [0.3, 0.4) is 0 Å². The molecule has 0 saturated carbocycles. The molecule has 0 radical (unpaired) electrons. The van der Waals surface area contributed by atoms with E-state index in [4.69, 9.17) is 5.26 Å². The number of nitriles is 1. The molecule has 1 aromatic carbocycles. The zero-order valence-corrected chi connectivity index (χ0v) is 9.30. The molecular weight excluding hydrogens is 185 g/mol. The maximum Gasteiger partial charge on any atom is 1.00 e. The molecule has 0 fully saturated rings. The van der Waals surface area contributed by atoms with Gasteiger partial charge in [-0.25, -0.2) is 0 Å². The van der Waals surface area contributed by atoms with Crippen LogP contribution in [0.4, 0.5) is 0 Å². The van der Waals surface area contributed by atoms with E-state index in [9.17, 15) is 8.76 Å². The summed E-state index contributed by atoms with van der Waals surface area (Å²) in [5.74, 6) is 0. The number of rotatable bonds is 1. The fourth-order valence-corrected chi connectivity index (χ4v) is 1.19. The van der Waals surface area contributed by atoms with Crippen molar-refractivity contribution < 1.29 is 38.3 Å². The van der Waals surface area contributed by atoms with Crippen molar-refractivity contribution in [3.05, 3.63) is 29.8 Å². The number of hydrogen-bond donors (Lipinski definition) is 0. The maximum absolute atomic E-state index is 10.4. The minimum atomic E-state index is -2.31. The summed E-state index contributed by atoms with van der Waals surface area (Å²) in [7, 11) is 0. The zero-order chi connectivity index (χ0) is 8.27. The first-order valence-electron chi connectivity index (χ1n) is 2.84. The number of benzene rings is 1. The molecule has 0 heterocycles. The largest absolute Gasteiger partial charge is 1.00 e. The minimum absolute atomic E-state index is 0. The Balaban J connectivity index is 0.00000121. The molecule has 56 valence electrons. The van der Waals surface area contributed by atoms with Crippen LogP contribution in [0, 0.1) is 11.3 Å². The van der Waals surface area contributed by atoms with E-state index in [1.165, 1.54) is 12.1 Å². The summed E-state index contributed by atoms with van der Waals surface area (Å²) < 4.78 is 20.9. The van der Waals surface area contributed by atoms with Crippen molar-refractivity contribution in [2.45, 2.75) is 4.90 Å². The van der Waals surface area contributed by atoms with Crippen molar-refractivity contribution in [2.24, 2.45) is 0 Å². The molecule has 1 rings (SSSR count). The van der Waals surface area contributed by atoms with Crippen LogP contribution in [0.5, 0.6) is 0 Å². The van der Waals surface area contributed by atoms with Crippen molar-refractivity contribution >= 4 is 11.1 Å². The SMILES string of the molecule is N#Cc1ccccc1S(=O)[O-].[Na+]. The van der Waals surface area contributed by atoms with Gasteiger partial charge in [-0.3, -0.25) is 4.21 Å². The van der Waals surface area contributed by atoms with E-state index in [1.54, 1.807) is 18.2 Å². The molecule has 5 heteroatoms. The summed E-state index contributed by atoms with van der Waals surface area (Å²) in [4.78, 5) is 0.0509. The molecule has 1 unspecified atom stereocenters. The summed E-state index contributed by atoms with van der Waals surface area (Å²) in [6.07, 6.45) is 0. The monoisotopic (exact) mass is 189 g/mol. The van der Waals surface area contributed by atoms with E-state index >= 15 is 0 Å². The van der Waals surface area contributed by atoms with Gasteiger partial charge in [0.15, 0.2) is 0 Å². The molecular formula is C7H4NNaO2S. The Morgan fingerprint density at radius 3 is 2.42 bits per heavy atom. The second-order valence-corrected chi connectivity index (χ2v) is 2.75. The summed E-state index contributed by atoms with van der Waals surface area (Å²) in [6, 6.07) is 7.83. The molecule has 12 heavy (non-hydrogen) atoms. The Morgan fingerprint density at radius 1 is 1.42 bits per heavy atom.